The number of nitrogens with zero attached hydrogens (tertiary/aromatic N) is 6. The second kappa shape index (κ2) is 8.54. The quantitative estimate of drug-likeness (QED) is 0.437. The number of fused-ring (bicyclic) bond motifs is 1. The molecular formula is C24H22FN7O2. The summed E-state index contributed by atoms with van der Waals surface area (Å²) in [5.74, 6) is -0.174. The normalized spacial score (nSPS) is 17.2. The Morgan fingerprint density at radius 2 is 2.03 bits per heavy atom. The lowest BCUT2D eigenvalue weighted by Gasteiger charge is -2.40. The van der Waals surface area contributed by atoms with E-state index in [9.17, 15) is 9.18 Å². The number of benzene rings is 1. The van der Waals surface area contributed by atoms with Crippen LogP contribution in [-0.4, -0.2) is 48.6 Å². The predicted octanol–water partition coefficient (Wildman–Crippen LogP) is 3.75. The molecule has 0 spiro atoms. The minimum atomic E-state index is -0.632. The van der Waals surface area contributed by atoms with Crippen molar-refractivity contribution in [2.45, 2.75) is 24.9 Å². The SMILES string of the molecule is C=CC(=O)N(C)C1CC(n2nc(-c3cnc(Oc4ccccc4)c(F)c3)c3c(N)ncnc32)C1. The van der Waals surface area contributed by atoms with Gasteiger partial charge in [-0.2, -0.15) is 5.10 Å². The second-order valence-electron chi connectivity index (χ2n) is 8.11. The molecule has 1 aliphatic carbocycles. The molecule has 3 heterocycles. The van der Waals surface area contributed by atoms with E-state index in [1.807, 2.05) is 6.07 Å². The Hall–Kier alpha value is -4.34. The van der Waals surface area contributed by atoms with E-state index in [1.54, 1.807) is 40.9 Å². The topological polar surface area (TPSA) is 112 Å². The number of anilines is 1. The molecule has 1 amide bonds. The van der Waals surface area contributed by atoms with Crippen LogP contribution in [0.3, 0.4) is 0 Å². The molecular weight excluding hydrogens is 437 g/mol. The number of ether oxygens (including phenoxy) is 1. The molecule has 10 heteroatoms. The number of pyridine rings is 1. The Morgan fingerprint density at radius 1 is 1.26 bits per heavy atom. The Bertz CT molecular complexity index is 1380. The maximum Gasteiger partial charge on any atom is 0.255 e. The number of nitrogens with two attached hydrogens (primary N) is 1. The van der Waals surface area contributed by atoms with Crippen molar-refractivity contribution in [3.05, 3.63) is 67.4 Å². The third-order valence-corrected chi connectivity index (χ3v) is 6.06. The number of amides is 1. The lowest BCUT2D eigenvalue weighted by atomic mass is 9.85. The number of rotatable bonds is 6. The third kappa shape index (κ3) is 3.72. The summed E-state index contributed by atoms with van der Waals surface area (Å²) >= 11 is 0. The van der Waals surface area contributed by atoms with E-state index in [0.29, 0.717) is 40.9 Å². The highest BCUT2D eigenvalue weighted by molar-refractivity contribution is 5.98. The first-order valence-electron chi connectivity index (χ1n) is 10.7. The van der Waals surface area contributed by atoms with E-state index in [-0.39, 0.29) is 29.7 Å². The number of likely N-dealkylation sites (N-methyl/N-ethyl adjacent to an activating group) is 1. The van der Waals surface area contributed by atoms with Crippen LogP contribution < -0.4 is 10.5 Å². The molecule has 4 aromatic rings. The molecule has 0 radical (unpaired) electrons. The van der Waals surface area contributed by atoms with Crippen LogP contribution in [0.1, 0.15) is 18.9 Å². The molecule has 9 nitrogen and oxygen atoms in total. The summed E-state index contributed by atoms with van der Waals surface area (Å²) in [6, 6.07) is 10.2. The van der Waals surface area contributed by atoms with Crippen LogP contribution in [0.25, 0.3) is 22.3 Å². The van der Waals surface area contributed by atoms with Crippen molar-refractivity contribution >= 4 is 22.8 Å². The number of hydrogen-bond acceptors (Lipinski definition) is 7. The summed E-state index contributed by atoms with van der Waals surface area (Å²) in [5, 5.41) is 5.25. The fourth-order valence-corrected chi connectivity index (χ4v) is 4.08. The third-order valence-electron chi connectivity index (χ3n) is 6.06. The van der Waals surface area contributed by atoms with Crippen molar-refractivity contribution in [2.75, 3.05) is 12.8 Å². The van der Waals surface area contributed by atoms with E-state index in [1.165, 1.54) is 24.7 Å². The molecule has 3 aromatic heterocycles. The molecule has 2 N–H and O–H groups in total. The van der Waals surface area contributed by atoms with Gasteiger partial charge in [0.2, 0.25) is 5.91 Å². The average Bonchev–Trinajstić information content (AvgIpc) is 3.20. The van der Waals surface area contributed by atoms with Gasteiger partial charge in [-0.15, -0.1) is 0 Å². The van der Waals surface area contributed by atoms with E-state index in [4.69, 9.17) is 15.6 Å². The van der Waals surface area contributed by atoms with Crippen molar-refractivity contribution in [3.63, 3.8) is 0 Å². The highest BCUT2D eigenvalue weighted by atomic mass is 19.1. The van der Waals surface area contributed by atoms with Gasteiger partial charge in [0, 0.05) is 24.8 Å². The second-order valence-corrected chi connectivity index (χ2v) is 8.11. The largest absolute Gasteiger partial charge is 0.436 e. The predicted molar refractivity (Wildman–Crippen MR) is 124 cm³/mol. The van der Waals surface area contributed by atoms with Crippen LogP contribution in [0.2, 0.25) is 0 Å². The Kier molecular flexibility index (Phi) is 5.40. The lowest BCUT2D eigenvalue weighted by Crippen LogP contribution is -2.45. The van der Waals surface area contributed by atoms with E-state index < -0.39 is 5.82 Å². The summed E-state index contributed by atoms with van der Waals surface area (Å²) in [6.45, 7) is 3.54. The summed E-state index contributed by atoms with van der Waals surface area (Å²) in [5.41, 5.74) is 7.58. The highest BCUT2D eigenvalue weighted by Crippen LogP contribution is 2.40. The summed E-state index contributed by atoms with van der Waals surface area (Å²) in [6.07, 6.45) is 5.56. The van der Waals surface area contributed by atoms with Gasteiger partial charge in [0.15, 0.2) is 11.5 Å². The lowest BCUT2D eigenvalue weighted by molar-refractivity contribution is -0.129. The summed E-state index contributed by atoms with van der Waals surface area (Å²) in [4.78, 5) is 26.2. The molecule has 0 atom stereocenters. The van der Waals surface area contributed by atoms with Gasteiger partial charge in [-0.25, -0.2) is 24.0 Å². The molecule has 34 heavy (non-hydrogen) atoms. The van der Waals surface area contributed by atoms with E-state index >= 15 is 0 Å². The van der Waals surface area contributed by atoms with Crippen molar-refractivity contribution in [3.8, 4) is 22.9 Å². The molecule has 0 bridgehead atoms. The van der Waals surface area contributed by atoms with Gasteiger partial charge in [0.25, 0.3) is 5.88 Å². The van der Waals surface area contributed by atoms with Crippen LogP contribution in [0, 0.1) is 5.82 Å². The number of carbonyl (C=O) groups excluding carboxylic acids is 1. The first-order valence-corrected chi connectivity index (χ1v) is 10.7. The van der Waals surface area contributed by atoms with Crippen LogP contribution >= 0.6 is 0 Å². The van der Waals surface area contributed by atoms with Gasteiger partial charge in [0.05, 0.1) is 11.4 Å². The maximum atomic E-state index is 14.9. The first kappa shape index (κ1) is 21.5. The molecule has 1 aromatic carbocycles. The number of para-hydroxylation sites is 1. The van der Waals surface area contributed by atoms with Crippen LogP contribution in [0.4, 0.5) is 10.2 Å². The standard InChI is InChI=1S/C24H22FN7O2/c1-3-19(33)31(2)15-10-16(11-15)32-23-20(22(26)28-13-29-23)21(30-32)14-9-18(25)24(27-12-14)34-17-7-5-4-6-8-17/h3-9,12-13,15-16H,1,10-11H2,2H3,(H2,26,28,29). The zero-order chi connectivity index (χ0) is 23.8. The Labute approximate surface area is 194 Å². The number of aromatic nitrogens is 5. The van der Waals surface area contributed by atoms with Gasteiger partial charge < -0.3 is 15.4 Å². The minimum absolute atomic E-state index is 0.00843. The maximum absolute atomic E-state index is 14.9. The van der Waals surface area contributed by atoms with Crippen LogP contribution in [0.5, 0.6) is 11.6 Å². The van der Waals surface area contributed by atoms with Crippen molar-refractivity contribution in [1.82, 2.24) is 29.6 Å². The molecule has 0 aliphatic heterocycles. The molecule has 5 rings (SSSR count). The Morgan fingerprint density at radius 3 is 2.74 bits per heavy atom. The van der Waals surface area contributed by atoms with E-state index in [2.05, 4.69) is 21.5 Å². The zero-order valence-electron chi connectivity index (χ0n) is 18.4. The van der Waals surface area contributed by atoms with Gasteiger partial charge in [0.1, 0.15) is 23.6 Å². The van der Waals surface area contributed by atoms with Crippen molar-refractivity contribution in [2.24, 2.45) is 0 Å². The highest BCUT2D eigenvalue weighted by Gasteiger charge is 2.37. The van der Waals surface area contributed by atoms with Gasteiger partial charge in [-0.05, 0) is 37.1 Å². The van der Waals surface area contributed by atoms with E-state index in [0.717, 1.165) is 0 Å². The molecule has 0 saturated heterocycles. The number of nitrogen functional groups attached to an aromatic ring is 1. The molecule has 1 fully saturated rings. The number of halogens is 1. The van der Waals surface area contributed by atoms with Crippen molar-refractivity contribution in [1.29, 1.82) is 0 Å². The van der Waals surface area contributed by atoms with Crippen LogP contribution in [0.15, 0.2) is 61.6 Å². The van der Waals surface area contributed by atoms with Gasteiger partial charge in [-0.1, -0.05) is 24.8 Å². The monoisotopic (exact) mass is 459 g/mol. The molecule has 172 valence electrons. The minimum Gasteiger partial charge on any atom is -0.436 e. The number of hydrogen-bond donors (Lipinski definition) is 1. The van der Waals surface area contributed by atoms with Gasteiger partial charge in [-0.3, -0.25) is 4.79 Å². The zero-order valence-corrected chi connectivity index (χ0v) is 18.4. The summed E-state index contributed by atoms with van der Waals surface area (Å²) < 4.78 is 22.2. The number of carbonyl (C=O) groups is 1. The first-order chi connectivity index (χ1) is 16.5. The fraction of sp³-hybridized carbons (Fsp3) is 0.208. The molecule has 1 aliphatic rings. The average molecular weight is 459 g/mol. The van der Waals surface area contributed by atoms with Crippen LogP contribution in [-0.2, 0) is 4.79 Å². The Balaban J connectivity index is 1.47. The molecule has 0 unspecified atom stereocenters. The van der Waals surface area contributed by atoms with Crippen molar-refractivity contribution < 1.29 is 13.9 Å². The molecule has 1 saturated carbocycles. The summed E-state index contributed by atoms with van der Waals surface area (Å²) in [7, 11) is 1.76. The van der Waals surface area contributed by atoms with Gasteiger partial charge >= 0.3 is 0 Å². The fourth-order valence-electron chi connectivity index (χ4n) is 4.08. The smallest absolute Gasteiger partial charge is 0.255 e.